The number of aliphatic imine (C=N–C) groups is 1. The smallest absolute Gasteiger partial charge is 0.432 e. The standard InChI is InChI=1S/C23H31N7O4S.CH3NO2/c1-16(31)26-21-27-19(9-6-17-4-7-18(8-5-17)24-15-25-22(32)33)20(35-21)14-29-10-12-30(13-11-29)23(34)28(2)3;2-1(3)4/h4-5,7-8,15H,6,9-14H2,1-3H3,(H,24,25)(H,32,33)(H,26,27,31);2H2,(H,3,4). The Morgan fingerprint density at radius 1 is 1.10 bits per heavy atom. The second kappa shape index (κ2) is 15.2. The van der Waals surface area contributed by atoms with E-state index in [-0.39, 0.29) is 11.9 Å². The van der Waals surface area contributed by atoms with Gasteiger partial charge < -0.3 is 36.4 Å². The molecule has 1 aromatic heterocycles. The lowest BCUT2D eigenvalue weighted by Crippen LogP contribution is -2.51. The Kier molecular flexibility index (Phi) is 12.1. The fourth-order valence-electron chi connectivity index (χ4n) is 3.68. The molecule has 3 rings (SSSR count). The number of urea groups is 1. The molecule has 1 aliphatic rings. The third-order valence-electron chi connectivity index (χ3n) is 5.46. The predicted octanol–water partition coefficient (Wildman–Crippen LogP) is 2.43. The topological polar surface area (TPSA) is 194 Å². The van der Waals surface area contributed by atoms with Gasteiger partial charge in [0.05, 0.1) is 12.0 Å². The number of thiazole rings is 1. The number of nitrogens with two attached hydrogens (primary N) is 1. The molecule has 14 nitrogen and oxygen atoms in total. The van der Waals surface area contributed by atoms with Gasteiger partial charge in [-0.25, -0.2) is 19.4 Å². The summed E-state index contributed by atoms with van der Waals surface area (Å²) in [6.45, 7) is 5.13. The van der Waals surface area contributed by atoms with Crippen molar-refractivity contribution in [3.05, 3.63) is 40.4 Å². The molecule has 2 aromatic rings. The fraction of sp³-hybridized carbons (Fsp3) is 0.417. The molecular formula is C24H34N8O6S. The molecule has 1 aliphatic heterocycles. The van der Waals surface area contributed by atoms with Gasteiger partial charge in [0.15, 0.2) is 5.13 Å². The van der Waals surface area contributed by atoms with E-state index >= 15 is 0 Å². The van der Waals surface area contributed by atoms with Crippen molar-refractivity contribution >= 4 is 52.6 Å². The lowest BCUT2D eigenvalue weighted by molar-refractivity contribution is -0.114. The van der Waals surface area contributed by atoms with E-state index in [2.05, 4.69) is 31.2 Å². The molecule has 0 aliphatic carbocycles. The van der Waals surface area contributed by atoms with Crippen molar-refractivity contribution in [3.63, 3.8) is 0 Å². The molecule has 1 saturated heterocycles. The molecule has 1 fully saturated rings. The van der Waals surface area contributed by atoms with Crippen molar-refractivity contribution in [3.8, 4) is 0 Å². The normalized spacial score (nSPS) is 13.4. The largest absolute Gasteiger partial charge is 0.465 e. The molecule has 0 radical (unpaired) electrons. The van der Waals surface area contributed by atoms with E-state index in [9.17, 15) is 14.4 Å². The van der Waals surface area contributed by atoms with Gasteiger partial charge in [-0.1, -0.05) is 12.1 Å². The summed E-state index contributed by atoms with van der Waals surface area (Å²) in [5.41, 5.74) is 6.84. The van der Waals surface area contributed by atoms with Crippen LogP contribution in [0.5, 0.6) is 0 Å². The highest BCUT2D eigenvalue weighted by molar-refractivity contribution is 7.15. The van der Waals surface area contributed by atoms with Crippen LogP contribution in [0.25, 0.3) is 0 Å². The van der Waals surface area contributed by atoms with Crippen LogP contribution in [-0.2, 0) is 24.2 Å². The van der Waals surface area contributed by atoms with E-state index in [1.54, 1.807) is 19.0 Å². The Hall–Kier alpha value is -4.24. The number of benzene rings is 1. The number of primary amides is 1. The number of amides is 5. The van der Waals surface area contributed by atoms with Crippen LogP contribution in [0.2, 0.25) is 0 Å². The van der Waals surface area contributed by atoms with Crippen molar-refractivity contribution in [2.75, 3.05) is 50.9 Å². The minimum absolute atomic E-state index is 0.0338. The summed E-state index contributed by atoms with van der Waals surface area (Å²) in [6.07, 6.45) is 0.0390. The Bertz CT molecular complexity index is 1160. The number of hydrogen-bond acceptors (Lipinski definition) is 7. The molecule has 1 aromatic carbocycles. The number of rotatable bonds is 8. The van der Waals surface area contributed by atoms with Gasteiger partial charge in [-0.2, -0.15) is 4.99 Å². The highest BCUT2D eigenvalue weighted by atomic mass is 32.1. The number of carbonyl (C=O) groups is 4. The molecule has 15 heteroatoms. The number of piperazine rings is 1. The Morgan fingerprint density at radius 3 is 2.26 bits per heavy atom. The third-order valence-corrected chi connectivity index (χ3v) is 6.46. The van der Waals surface area contributed by atoms with Crippen LogP contribution in [0.4, 0.5) is 25.2 Å². The number of aromatic nitrogens is 1. The van der Waals surface area contributed by atoms with Gasteiger partial charge in [0.2, 0.25) is 5.91 Å². The first kappa shape index (κ1) is 31.0. The van der Waals surface area contributed by atoms with Crippen LogP contribution >= 0.6 is 11.3 Å². The maximum Gasteiger partial charge on any atom is 0.432 e. The highest BCUT2D eigenvalue weighted by Crippen LogP contribution is 2.26. The van der Waals surface area contributed by atoms with E-state index in [4.69, 9.17) is 15.0 Å². The van der Waals surface area contributed by atoms with Crippen LogP contribution in [0.1, 0.15) is 23.1 Å². The number of nitrogens with zero attached hydrogens (tertiary/aromatic N) is 5. The zero-order valence-electron chi connectivity index (χ0n) is 22.1. The quantitative estimate of drug-likeness (QED) is 0.237. The predicted molar refractivity (Wildman–Crippen MR) is 149 cm³/mol. The average molecular weight is 563 g/mol. The molecule has 0 bridgehead atoms. The average Bonchev–Trinajstić information content (AvgIpc) is 3.23. The van der Waals surface area contributed by atoms with Crippen LogP contribution in [0.15, 0.2) is 29.3 Å². The van der Waals surface area contributed by atoms with Crippen LogP contribution in [0, 0.1) is 0 Å². The SMILES string of the molecule is CC(=O)Nc1nc(CCc2ccc(NC=NC(=O)O)cc2)c(CN2CCN(C(=O)N(C)C)CC2)s1.NC(=O)O. The first-order chi connectivity index (χ1) is 18.4. The zero-order chi connectivity index (χ0) is 28.9. The van der Waals surface area contributed by atoms with Gasteiger partial charge in [-0.3, -0.25) is 9.69 Å². The van der Waals surface area contributed by atoms with Crippen molar-refractivity contribution in [2.24, 2.45) is 10.7 Å². The molecule has 5 amide bonds. The van der Waals surface area contributed by atoms with Gasteiger partial charge in [-0.05, 0) is 30.5 Å². The summed E-state index contributed by atoms with van der Waals surface area (Å²) >= 11 is 1.50. The minimum atomic E-state index is -1.33. The Balaban J connectivity index is 0.00000124. The molecule has 2 heterocycles. The number of carboxylic acid groups (broad SMARTS) is 2. The van der Waals surface area contributed by atoms with E-state index in [1.165, 1.54) is 18.3 Å². The lowest BCUT2D eigenvalue weighted by Gasteiger charge is -2.35. The van der Waals surface area contributed by atoms with Crippen molar-refractivity contribution in [1.29, 1.82) is 0 Å². The Morgan fingerprint density at radius 2 is 1.72 bits per heavy atom. The summed E-state index contributed by atoms with van der Waals surface area (Å²) in [5, 5.41) is 22.0. The number of nitrogens with one attached hydrogen (secondary N) is 2. The molecular weight excluding hydrogens is 528 g/mol. The van der Waals surface area contributed by atoms with E-state index < -0.39 is 12.2 Å². The number of hydrogen-bond donors (Lipinski definition) is 5. The monoisotopic (exact) mass is 562 g/mol. The summed E-state index contributed by atoms with van der Waals surface area (Å²) in [5.74, 6) is -0.151. The van der Waals surface area contributed by atoms with Crippen molar-refractivity contribution < 1.29 is 29.4 Å². The number of carbonyl (C=O) groups excluding carboxylic acids is 2. The first-order valence-electron chi connectivity index (χ1n) is 12.0. The molecule has 39 heavy (non-hydrogen) atoms. The summed E-state index contributed by atoms with van der Waals surface area (Å²) < 4.78 is 0. The van der Waals surface area contributed by atoms with Gasteiger partial charge in [0.25, 0.3) is 0 Å². The molecule has 0 atom stereocenters. The molecule has 0 saturated carbocycles. The summed E-state index contributed by atoms with van der Waals surface area (Å²) in [7, 11) is 3.53. The van der Waals surface area contributed by atoms with Gasteiger partial charge in [0.1, 0.15) is 0 Å². The van der Waals surface area contributed by atoms with Crippen LogP contribution in [0.3, 0.4) is 0 Å². The molecule has 0 spiro atoms. The van der Waals surface area contributed by atoms with Crippen LogP contribution in [-0.4, -0.2) is 101 Å². The Labute approximate surface area is 230 Å². The summed E-state index contributed by atoms with van der Waals surface area (Å²) in [6, 6.07) is 7.70. The second-order valence-electron chi connectivity index (χ2n) is 8.73. The first-order valence-corrected chi connectivity index (χ1v) is 12.8. The zero-order valence-corrected chi connectivity index (χ0v) is 22.9. The third kappa shape index (κ3) is 11.4. The second-order valence-corrected chi connectivity index (χ2v) is 9.81. The minimum Gasteiger partial charge on any atom is -0.465 e. The maximum atomic E-state index is 12.2. The van der Waals surface area contributed by atoms with Gasteiger partial charge >= 0.3 is 18.2 Å². The van der Waals surface area contributed by atoms with Crippen LogP contribution < -0.4 is 16.4 Å². The van der Waals surface area contributed by atoms with Gasteiger partial charge in [0, 0.05) is 64.3 Å². The van der Waals surface area contributed by atoms with E-state index in [0.717, 1.165) is 60.6 Å². The maximum absolute atomic E-state index is 12.2. The van der Waals surface area contributed by atoms with Gasteiger partial charge in [-0.15, -0.1) is 11.3 Å². The fourth-order valence-corrected chi connectivity index (χ4v) is 4.78. The van der Waals surface area contributed by atoms with Crippen molar-refractivity contribution in [2.45, 2.75) is 26.3 Å². The van der Waals surface area contributed by atoms with E-state index in [0.29, 0.717) is 18.2 Å². The molecule has 6 N–H and O–H groups in total. The summed E-state index contributed by atoms with van der Waals surface area (Å²) in [4.78, 5) is 57.8. The molecule has 0 unspecified atom stereocenters. The van der Waals surface area contributed by atoms with Crippen molar-refractivity contribution in [1.82, 2.24) is 19.7 Å². The lowest BCUT2D eigenvalue weighted by atomic mass is 10.1. The number of anilines is 2. The highest BCUT2D eigenvalue weighted by Gasteiger charge is 2.24. The number of aryl methyl sites for hydroxylation is 2. The van der Waals surface area contributed by atoms with E-state index in [1.807, 2.05) is 29.2 Å². The molecule has 212 valence electrons.